The number of nitrogens with zero attached hydrogens (tertiary/aromatic N) is 2. The first kappa shape index (κ1) is 21.9. The van der Waals surface area contributed by atoms with E-state index >= 15 is 0 Å². The number of nitrogens with one attached hydrogen (secondary N) is 2. The molecule has 2 aromatic carbocycles. The molecule has 2 N–H and O–H groups in total. The second-order valence-electron chi connectivity index (χ2n) is 8.94. The van der Waals surface area contributed by atoms with E-state index in [4.69, 9.17) is 4.74 Å². The number of hydrogen-bond donors (Lipinski definition) is 2. The Morgan fingerprint density at radius 3 is 2.64 bits per heavy atom. The molecule has 7 heteroatoms. The molecule has 1 amide bonds. The van der Waals surface area contributed by atoms with Crippen molar-refractivity contribution < 1.29 is 13.9 Å². The molecule has 1 unspecified atom stereocenters. The van der Waals surface area contributed by atoms with Crippen molar-refractivity contribution in [1.29, 1.82) is 0 Å². The summed E-state index contributed by atoms with van der Waals surface area (Å²) in [6.45, 7) is 4.48. The third-order valence-corrected chi connectivity index (χ3v) is 6.71. The largest absolute Gasteiger partial charge is 0.492 e. The van der Waals surface area contributed by atoms with Crippen molar-refractivity contribution >= 4 is 22.9 Å². The van der Waals surface area contributed by atoms with Crippen LogP contribution in [0.3, 0.4) is 0 Å². The van der Waals surface area contributed by atoms with Crippen LogP contribution >= 0.6 is 0 Å². The minimum atomic E-state index is -0.699. The van der Waals surface area contributed by atoms with Crippen molar-refractivity contribution in [3.63, 3.8) is 0 Å². The Labute approximate surface area is 194 Å². The number of rotatable bonds is 7. The SMILES string of the molecule is O=C1C(=CNc2ccc(OCCN3CCC(F)C3)cc2)c2ccccc2N1C1CCNCC1. The molecule has 0 radical (unpaired) electrons. The minimum Gasteiger partial charge on any atom is -0.492 e. The lowest BCUT2D eigenvalue weighted by Crippen LogP contribution is -2.44. The van der Waals surface area contributed by atoms with Crippen molar-refractivity contribution in [1.82, 2.24) is 10.2 Å². The zero-order valence-corrected chi connectivity index (χ0v) is 18.8. The van der Waals surface area contributed by atoms with Crippen LogP contribution in [0.1, 0.15) is 24.8 Å². The lowest BCUT2D eigenvalue weighted by molar-refractivity contribution is -0.113. The van der Waals surface area contributed by atoms with Gasteiger partial charge in [-0.25, -0.2) is 4.39 Å². The zero-order chi connectivity index (χ0) is 22.6. The predicted octanol–water partition coefficient (Wildman–Crippen LogP) is 3.66. The van der Waals surface area contributed by atoms with E-state index in [9.17, 15) is 9.18 Å². The average molecular weight is 451 g/mol. The third-order valence-electron chi connectivity index (χ3n) is 6.71. The molecule has 0 spiro atoms. The number of ether oxygens (including phenoxy) is 1. The minimum absolute atomic E-state index is 0.0629. The average Bonchev–Trinajstić information content (AvgIpc) is 3.39. The first-order valence-electron chi connectivity index (χ1n) is 11.9. The van der Waals surface area contributed by atoms with Crippen molar-refractivity contribution in [3.05, 3.63) is 60.3 Å². The maximum absolute atomic E-state index is 13.3. The number of fused-ring (bicyclic) bond motifs is 1. The number of para-hydroxylation sites is 1. The number of carbonyl (C=O) groups is 1. The Morgan fingerprint density at radius 1 is 1.09 bits per heavy atom. The Balaban J connectivity index is 1.22. The Hall–Kier alpha value is -2.90. The van der Waals surface area contributed by atoms with Crippen LogP contribution in [0, 0.1) is 0 Å². The van der Waals surface area contributed by atoms with E-state index in [2.05, 4.69) is 15.5 Å². The van der Waals surface area contributed by atoms with Gasteiger partial charge in [-0.3, -0.25) is 9.69 Å². The van der Waals surface area contributed by atoms with E-state index in [1.54, 1.807) is 0 Å². The molecule has 2 fully saturated rings. The van der Waals surface area contributed by atoms with Crippen molar-refractivity contribution in [2.24, 2.45) is 0 Å². The Morgan fingerprint density at radius 2 is 1.88 bits per heavy atom. The number of benzene rings is 2. The fraction of sp³-hybridized carbons (Fsp3) is 0.423. The quantitative estimate of drug-likeness (QED) is 0.631. The summed E-state index contributed by atoms with van der Waals surface area (Å²) < 4.78 is 19.1. The highest BCUT2D eigenvalue weighted by atomic mass is 19.1. The molecule has 2 aromatic rings. The molecule has 33 heavy (non-hydrogen) atoms. The summed E-state index contributed by atoms with van der Waals surface area (Å²) in [5, 5.41) is 6.66. The van der Waals surface area contributed by atoms with Gasteiger partial charge in [-0.15, -0.1) is 0 Å². The molecule has 2 saturated heterocycles. The molecule has 5 rings (SSSR count). The van der Waals surface area contributed by atoms with Gasteiger partial charge in [-0.2, -0.15) is 0 Å². The summed E-state index contributed by atoms with van der Waals surface area (Å²) in [5.41, 5.74) is 3.57. The van der Waals surface area contributed by atoms with E-state index in [0.717, 1.165) is 61.7 Å². The molecule has 3 aliphatic heterocycles. The lowest BCUT2D eigenvalue weighted by atomic mass is 10.0. The third kappa shape index (κ3) is 4.89. The highest BCUT2D eigenvalue weighted by Crippen LogP contribution is 2.39. The van der Waals surface area contributed by atoms with E-state index in [-0.39, 0.29) is 11.9 Å². The van der Waals surface area contributed by atoms with E-state index < -0.39 is 6.17 Å². The van der Waals surface area contributed by atoms with Gasteiger partial charge in [0.2, 0.25) is 0 Å². The highest BCUT2D eigenvalue weighted by molar-refractivity contribution is 6.33. The second-order valence-corrected chi connectivity index (χ2v) is 8.94. The van der Waals surface area contributed by atoms with Crippen LogP contribution in [0.25, 0.3) is 5.57 Å². The molecule has 174 valence electrons. The van der Waals surface area contributed by atoms with Gasteiger partial charge in [0.1, 0.15) is 18.5 Å². The number of amides is 1. The van der Waals surface area contributed by atoms with Crippen molar-refractivity contribution in [3.8, 4) is 5.75 Å². The first-order chi connectivity index (χ1) is 16.2. The van der Waals surface area contributed by atoms with Gasteiger partial charge in [0, 0.05) is 43.1 Å². The molecule has 1 atom stereocenters. The van der Waals surface area contributed by atoms with Gasteiger partial charge in [0.25, 0.3) is 5.91 Å². The number of hydrogen-bond acceptors (Lipinski definition) is 5. The maximum Gasteiger partial charge on any atom is 0.260 e. The summed E-state index contributed by atoms with van der Waals surface area (Å²) in [6.07, 6.45) is 3.68. The van der Waals surface area contributed by atoms with Crippen LogP contribution in [0.5, 0.6) is 5.75 Å². The molecule has 0 bridgehead atoms. The van der Waals surface area contributed by atoms with Gasteiger partial charge < -0.3 is 20.3 Å². The van der Waals surface area contributed by atoms with Crippen LogP contribution < -0.4 is 20.3 Å². The van der Waals surface area contributed by atoms with Crippen molar-refractivity contribution in [2.75, 3.05) is 49.5 Å². The fourth-order valence-electron chi connectivity index (χ4n) is 4.92. The summed E-state index contributed by atoms with van der Waals surface area (Å²) in [5.74, 6) is 0.844. The van der Waals surface area contributed by atoms with Gasteiger partial charge in [-0.1, -0.05) is 18.2 Å². The molecule has 6 nitrogen and oxygen atoms in total. The smallest absolute Gasteiger partial charge is 0.260 e. The highest BCUT2D eigenvalue weighted by Gasteiger charge is 2.37. The first-order valence-corrected chi connectivity index (χ1v) is 11.9. The van der Waals surface area contributed by atoms with E-state index in [0.29, 0.717) is 25.1 Å². The molecule has 0 aromatic heterocycles. The van der Waals surface area contributed by atoms with Gasteiger partial charge in [0.15, 0.2) is 0 Å². The number of alkyl halides is 1. The molecular weight excluding hydrogens is 419 g/mol. The van der Waals surface area contributed by atoms with Crippen LogP contribution in [0.15, 0.2) is 54.7 Å². The number of halogens is 1. The monoisotopic (exact) mass is 450 g/mol. The normalized spacial score (nSPS) is 22.7. The Bertz CT molecular complexity index is 1000. The lowest BCUT2D eigenvalue weighted by Gasteiger charge is -2.31. The fourth-order valence-corrected chi connectivity index (χ4v) is 4.92. The summed E-state index contributed by atoms with van der Waals surface area (Å²) >= 11 is 0. The number of carbonyl (C=O) groups excluding carboxylic acids is 1. The number of piperidine rings is 1. The van der Waals surface area contributed by atoms with Crippen LogP contribution in [0.4, 0.5) is 15.8 Å². The summed E-state index contributed by atoms with van der Waals surface area (Å²) in [4.78, 5) is 17.4. The standard InChI is InChI=1S/C26H31FN4O2/c27-19-11-14-30(18-19)15-16-33-22-7-5-20(6-8-22)29-17-24-23-3-1-2-4-25(23)31(26(24)32)21-9-12-28-13-10-21/h1-8,17,19,21,28-29H,9-16,18H2. The summed E-state index contributed by atoms with van der Waals surface area (Å²) in [6, 6.07) is 16.0. The van der Waals surface area contributed by atoms with Crippen LogP contribution in [0.2, 0.25) is 0 Å². The topological polar surface area (TPSA) is 56.8 Å². The van der Waals surface area contributed by atoms with E-state index in [1.165, 1.54) is 0 Å². The zero-order valence-electron chi connectivity index (χ0n) is 18.8. The van der Waals surface area contributed by atoms with Crippen LogP contribution in [-0.4, -0.2) is 62.4 Å². The molecular formula is C26H31FN4O2. The summed E-state index contributed by atoms with van der Waals surface area (Å²) in [7, 11) is 0. The maximum atomic E-state index is 13.3. The van der Waals surface area contributed by atoms with Gasteiger partial charge in [0.05, 0.1) is 11.3 Å². The van der Waals surface area contributed by atoms with Gasteiger partial charge in [-0.05, 0) is 62.7 Å². The molecule has 3 heterocycles. The molecule has 0 saturated carbocycles. The molecule has 3 aliphatic rings. The predicted molar refractivity (Wildman–Crippen MR) is 129 cm³/mol. The molecule has 0 aliphatic carbocycles. The van der Waals surface area contributed by atoms with E-state index in [1.807, 2.05) is 59.6 Å². The number of anilines is 2. The Kier molecular flexibility index (Phi) is 6.60. The van der Waals surface area contributed by atoms with Gasteiger partial charge >= 0.3 is 0 Å². The van der Waals surface area contributed by atoms with Crippen molar-refractivity contribution in [2.45, 2.75) is 31.5 Å². The van der Waals surface area contributed by atoms with Crippen LogP contribution in [-0.2, 0) is 4.79 Å². The number of likely N-dealkylation sites (tertiary alicyclic amines) is 1. The second kappa shape index (κ2) is 9.93.